The fourth-order valence-corrected chi connectivity index (χ4v) is 4.09. The Bertz CT molecular complexity index is 971. The number of nitrogens with zero attached hydrogens (tertiary/aromatic N) is 3. The first-order valence-corrected chi connectivity index (χ1v) is 10.4. The molecule has 4 rings (SSSR count). The maximum atomic E-state index is 12.8. The molecular weight excluding hydrogens is 358 g/mol. The minimum Gasteiger partial charge on any atom is -0.342 e. The van der Waals surface area contributed by atoms with Gasteiger partial charge in [-0.25, -0.2) is 0 Å². The zero-order chi connectivity index (χ0) is 20.1. The Hall–Kier alpha value is -3.01. The maximum Gasteiger partial charge on any atom is 0.227 e. The van der Waals surface area contributed by atoms with Crippen LogP contribution in [0.25, 0.3) is 0 Å². The fraction of sp³-hybridized carbons (Fsp3) is 0.320. The molecule has 0 N–H and O–H groups in total. The summed E-state index contributed by atoms with van der Waals surface area (Å²) in [6.45, 7) is 3.71. The van der Waals surface area contributed by atoms with Crippen LogP contribution in [-0.4, -0.2) is 33.9 Å². The number of amides is 1. The lowest BCUT2D eigenvalue weighted by Gasteiger charge is -2.32. The highest BCUT2D eigenvalue weighted by Crippen LogP contribution is 2.26. The van der Waals surface area contributed by atoms with E-state index >= 15 is 0 Å². The van der Waals surface area contributed by atoms with Crippen molar-refractivity contribution >= 4 is 5.91 Å². The molecule has 2 aromatic heterocycles. The molecule has 3 heterocycles. The lowest BCUT2D eigenvalue weighted by Crippen LogP contribution is -2.40. The zero-order valence-corrected chi connectivity index (χ0v) is 16.9. The second-order valence-corrected chi connectivity index (χ2v) is 7.93. The smallest absolute Gasteiger partial charge is 0.227 e. The van der Waals surface area contributed by atoms with Crippen LogP contribution in [0.3, 0.4) is 0 Å². The Labute approximate surface area is 172 Å². The summed E-state index contributed by atoms with van der Waals surface area (Å²) >= 11 is 0. The first-order valence-electron chi connectivity index (χ1n) is 10.4. The van der Waals surface area contributed by atoms with Gasteiger partial charge < -0.3 is 4.90 Å². The van der Waals surface area contributed by atoms with Crippen molar-refractivity contribution < 1.29 is 4.79 Å². The monoisotopic (exact) mass is 385 g/mol. The quantitative estimate of drug-likeness (QED) is 0.657. The van der Waals surface area contributed by atoms with Gasteiger partial charge in [-0.1, -0.05) is 35.9 Å². The number of carbonyl (C=O) groups excluding carboxylic acids is 1. The second kappa shape index (κ2) is 8.99. The molecule has 0 aliphatic carbocycles. The molecule has 4 nitrogen and oxygen atoms in total. The van der Waals surface area contributed by atoms with E-state index in [1.165, 1.54) is 11.1 Å². The van der Waals surface area contributed by atoms with Crippen LogP contribution in [0.2, 0.25) is 0 Å². The van der Waals surface area contributed by atoms with Crippen LogP contribution in [0.4, 0.5) is 0 Å². The van der Waals surface area contributed by atoms with Crippen molar-refractivity contribution in [2.24, 2.45) is 0 Å². The molecular formula is C25H27N3O. The van der Waals surface area contributed by atoms with Crippen molar-refractivity contribution in [2.75, 3.05) is 13.1 Å². The van der Waals surface area contributed by atoms with E-state index < -0.39 is 0 Å². The number of aromatic nitrogens is 2. The Morgan fingerprint density at radius 3 is 2.72 bits per heavy atom. The van der Waals surface area contributed by atoms with Crippen LogP contribution >= 0.6 is 0 Å². The zero-order valence-electron chi connectivity index (χ0n) is 16.9. The van der Waals surface area contributed by atoms with Gasteiger partial charge in [0.2, 0.25) is 5.91 Å². The van der Waals surface area contributed by atoms with Gasteiger partial charge in [0.25, 0.3) is 0 Å². The van der Waals surface area contributed by atoms with E-state index in [0.717, 1.165) is 49.3 Å². The largest absolute Gasteiger partial charge is 0.342 e. The molecule has 3 aromatic rings. The van der Waals surface area contributed by atoms with Crippen molar-refractivity contribution in [1.82, 2.24) is 14.9 Å². The standard InChI is InChI=1S/C25H27N3O/c1-19-5-2-6-21(15-19)16-23-8-3-9-24(27-23)22-7-4-14-28(18-22)25(29)17-20-10-12-26-13-11-20/h2-3,5-6,8-13,15,22H,4,7,14,16-18H2,1H3/t22-/m1/s1. The van der Waals surface area contributed by atoms with Crippen molar-refractivity contribution in [3.05, 3.63) is 95.1 Å². The molecule has 1 atom stereocenters. The summed E-state index contributed by atoms with van der Waals surface area (Å²) in [6, 6.07) is 18.7. The number of hydrogen-bond donors (Lipinski definition) is 0. The molecule has 4 heteroatoms. The number of pyridine rings is 2. The van der Waals surface area contributed by atoms with Crippen LogP contribution in [-0.2, 0) is 17.6 Å². The number of carbonyl (C=O) groups is 1. The number of rotatable bonds is 5. The fourth-order valence-electron chi connectivity index (χ4n) is 4.09. The van der Waals surface area contributed by atoms with Gasteiger partial charge in [0.1, 0.15) is 0 Å². The van der Waals surface area contributed by atoms with E-state index in [0.29, 0.717) is 12.3 Å². The third-order valence-electron chi connectivity index (χ3n) is 5.59. The third kappa shape index (κ3) is 5.08. The lowest BCUT2D eigenvalue weighted by molar-refractivity contribution is -0.131. The molecule has 1 aliphatic heterocycles. The number of piperidine rings is 1. The molecule has 0 saturated carbocycles. The maximum absolute atomic E-state index is 12.8. The van der Waals surface area contributed by atoms with E-state index in [9.17, 15) is 4.79 Å². The first-order chi connectivity index (χ1) is 14.2. The van der Waals surface area contributed by atoms with E-state index in [4.69, 9.17) is 4.98 Å². The Balaban J connectivity index is 1.43. The Morgan fingerprint density at radius 2 is 1.90 bits per heavy atom. The van der Waals surface area contributed by atoms with Crippen LogP contribution in [0.15, 0.2) is 67.0 Å². The van der Waals surface area contributed by atoms with Crippen LogP contribution < -0.4 is 0 Å². The van der Waals surface area contributed by atoms with Crippen molar-refractivity contribution in [3.8, 4) is 0 Å². The minimum absolute atomic E-state index is 0.191. The second-order valence-electron chi connectivity index (χ2n) is 7.93. The van der Waals surface area contributed by atoms with Gasteiger partial charge >= 0.3 is 0 Å². The predicted molar refractivity (Wildman–Crippen MR) is 115 cm³/mol. The molecule has 29 heavy (non-hydrogen) atoms. The SMILES string of the molecule is Cc1cccc(Cc2cccc([C@@H]3CCCN(C(=O)Cc4ccncc4)C3)n2)c1. The van der Waals surface area contributed by atoms with E-state index in [1.54, 1.807) is 12.4 Å². The average Bonchev–Trinajstić information content (AvgIpc) is 2.75. The Morgan fingerprint density at radius 1 is 1.07 bits per heavy atom. The lowest BCUT2D eigenvalue weighted by atomic mass is 9.93. The molecule has 1 aliphatic rings. The molecule has 0 radical (unpaired) electrons. The summed E-state index contributed by atoms with van der Waals surface area (Å²) < 4.78 is 0. The highest BCUT2D eigenvalue weighted by atomic mass is 16.2. The minimum atomic E-state index is 0.191. The van der Waals surface area contributed by atoms with E-state index in [2.05, 4.69) is 54.4 Å². The van der Waals surface area contributed by atoms with E-state index in [1.807, 2.05) is 17.0 Å². The van der Waals surface area contributed by atoms with Gasteiger partial charge in [0.15, 0.2) is 0 Å². The average molecular weight is 386 g/mol. The van der Waals surface area contributed by atoms with Gasteiger partial charge in [0.05, 0.1) is 6.42 Å². The van der Waals surface area contributed by atoms with Gasteiger partial charge in [0, 0.05) is 49.2 Å². The topological polar surface area (TPSA) is 46.1 Å². The molecule has 0 unspecified atom stereocenters. The molecule has 1 saturated heterocycles. The molecule has 148 valence electrons. The number of hydrogen-bond acceptors (Lipinski definition) is 3. The number of aryl methyl sites for hydroxylation is 1. The summed E-state index contributed by atoms with van der Waals surface area (Å²) in [5.41, 5.74) is 5.78. The van der Waals surface area contributed by atoms with Crippen LogP contribution in [0.1, 0.15) is 46.8 Å². The molecule has 1 amide bonds. The number of benzene rings is 1. The predicted octanol–water partition coefficient (Wildman–Crippen LogP) is 4.32. The van der Waals surface area contributed by atoms with Gasteiger partial charge in [-0.2, -0.15) is 0 Å². The summed E-state index contributed by atoms with van der Waals surface area (Å²) in [5.74, 6) is 0.499. The Kier molecular flexibility index (Phi) is 5.99. The third-order valence-corrected chi connectivity index (χ3v) is 5.59. The van der Waals surface area contributed by atoms with Crippen LogP contribution in [0, 0.1) is 6.92 Å². The number of likely N-dealkylation sites (tertiary alicyclic amines) is 1. The highest BCUT2D eigenvalue weighted by molar-refractivity contribution is 5.78. The molecule has 0 bridgehead atoms. The van der Waals surface area contributed by atoms with Gasteiger partial charge in [-0.05, 0) is 55.2 Å². The highest BCUT2D eigenvalue weighted by Gasteiger charge is 2.25. The first kappa shape index (κ1) is 19.3. The van der Waals surface area contributed by atoms with Crippen molar-refractivity contribution in [3.63, 3.8) is 0 Å². The van der Waals surface area contributed by atoms with Gasteiger partial charge in [-0.3, -0.25) is 14.8 Å². The molecule has 1 aromatic carbocycles. The van der Waals surface area contributed by atoms with Gasteiger partial charge in [-0.15, -0.1) is 0 Å². The van der Waals surface area contributed by atoms with Crippen LogP contribution in [0.5, 0.6) is 0 Å². The van der Waals surface area contributed by atoms with E-state index in [-0.39, 0.29) is 5.91 Å². The normalized spacial score (nSPS) is 16.6. The molecule has 1 fully saturated rings. The molecule has 0 spiro atoms. The summed E-state index contributed by atoms with van der Waals surface area (Å²) in [4.78, 5) is 23.8. The summed E-state index contributed by atoms with van der Waals surface area (Å²) in [6.07, 6.45) is 6.87. The van der Waals surface area contributed by atoms with Crippen molar-refractivity contribution in [1.29, 1.82) is 0 Å². The summed E-state index contributed by atoms with van der Waals surface area (Å²) in [7, 11) is 0. The summed E-state index contributed by atoms with van der Waals surface area (Å²) in [5, 5.41) is 0. The van der Waals surface area contributed by atoms with Crippen molar-refractivity contribution in [2.45, 2.75) is 38.5 Å².